The number of halogens is 3. The third kappa shape index (κ3) is 3.81. The van der Waals surface area contributed by atoms with Gasteiger partial charge >= 0.3 is 0 Å². The third-order valence-electron chi connectivity index (χ3n) is 3.40. The highest BCUT2D eigenvalue weighted by atomic mass is 79.9. The highest BCUT2D eigenvalue weighted by Gasteiger charge is 2.31. The Balaban J connectivity index is 2.05. The second-order valence-electron chi connectivity index (χ2n) is 5.01. The van der Waals surface area contributed by atoms with Crippen LogP contribution in [0.2, 0.25) is 0 Å². The van der Waals surface area contributed by atoms with Crippen LogP contribution in [-0.4, -0.2) is 23.9 Å². The van der Waals surface area contributed by atoms with Gasteiger partial charge < -0.3 is 4.74 Å². The first-order valence-corrected chi connectivity index (χ1v) is 9.19. The van der Waals surface area contributed by atoms with Crippen LogP contribution in [0.25, 0.3) is 0 Å². The Bertz CT molecular complexity index is 369. The first kappa shape index (κ1) is 15.0. The van der Waals surface area contributed by atoms with Crippen LogP contribution in [0.5, 0.6) is 0 Å². The molecule has 1 fully saturated rings. The maximum Gasteiger partial charge on any atom is 0.0579 e. The SMILES string of the molecule is BrCC(CBr)(COCC1CC1)c1ccc(Br)cc1. The quantitative estimate of drug-likeness (QED) is 0.548. The van der Waals surface area contributed by atoms with E-state index in [9.17, 15) is 0 Å². The largest absolute Gasteiger partial charge is 0.380 e. The summed E-state index contributed by atoms with van der Waals surface area (Å²) in [6, 6.07) is 8.53. The van der Waals surface area contributed by atoms with Gasteiger partial charge in [-0.15, -0.1) is 0 Å². The Morgan fingerprint density at radius 1 is 1.11 bits per heavy atom. The summed E-state index contributed by atoms with van der Waals surface area (Å²) in [5.41, 5.74) is 1.34. The van der Waals surface area contributed by atoms with Crippen LogP contribution in [0.1, 0.15) is 18.4 Å². The first-order valence-electron chi connectivity index (χ1n) is 6.16. The van der Waals surface area contributed by atoms with Crippen molar-refractivity contribution in [1.29, 1.82) is 0 Å². The monoisotopic (exact) mass is 438 g/mol. The molecule has 100 valence electrons. The van der Waals surface area contributed by atoms with E-state index >= 15 is 0 Å². The van der Waals surface area contributed by atoms with Crippen molar-refractivity contribution in [2.75, 3.05) is 23.9 Å². The van der Waals surface area contributed by atoms with E-state index in [0.717, 1.165) is 34.3 Å². The smallest absolute Gasteiger partial charge is 0.0579 e. The van der Waals surface area contributed by atoms with Gasteiger partial charge in [0.15, 0.2) is 0 Å². The fourth-order valence-electron chi connectivity index (χ4n) is 1.86. The van der Waals surface area contributed by atoms with Crippen LogP contribution in [-0.2, 0) is 10.2 Å². The van der Waals surface area contributed by atoms with Crippen LogP contribution in [0, 0.1) is 5.92 Å². The Kier molecular flexibility index (Phi) is 5.73. The molecule has 1 aromatic rings. The maximum atomic E-state index is 5.92. The van der Waals surface area contributed by atoms with E-state index in [1.54, 1.807) is 0 Å². The van der Waals surface area contributed by atoms with Crippen molar-refractivity contribution < 1.29 is 4.74 Å². The van der Waals surface area contributed by atoms with Gasteiger partial charge in [-0.3, -0.25) is 0 Å². The van der Waals surface area contributed by atoms with Gasteiger partial charge in [0, 0.05) is 27.2 Å². The molecule has 0 radical (unpaired) electrons. The topological polar surface area (TPSA) is 9.23 Å². The lowest BCUT2D eigenvalue weighted by Crippen LogP contribution is -2.36. The van der Waals surface area contributed by atoms with Gasteiger partial charge in [-0.2, -0.15) is 0 Å². The molecule has 18 heavy (non-hydrogen) atoms. The molecule has 1 nitrogen and oxygen atoms in total. The summed E-state index contributed by atoms with van der Waals surface area (Å²) in [6.45, 7) is 1.68. The van der Waals surface area contributed by atoms with Crippen molar-refractivity contribution in [3.05, 3.63) is 34.3 Å². The summed E-state index contributed by atoms with van der Waals surface area (Å²) >= 11 is 10.8. The Labute approximate surface area is 134 Å². The molecule has 2 rings (SSSR count). The third-order valence-corrected chi connectivity index (χ3v) is 6.07. The maximum absolute atomic E-state index is 5.92. The fourth-order valence-corrected chi connectivity index (χ4v) is 4.02. The number of rotatable bonds is 7. The molecular formula is C14H17Br3O. The van der Waals surface area contributed by atoms with Gasteiger partial charge in [-0.05, 0) is 36.5 Å². The van der Waals surface area contributed by atoms with Crippen molar-refractivity contribution in [3.8, 4) is 0 Å². The molecule has 1 aliphatic carbocycles. The molecule has 0 amide bonds. The number of ether oxygens (including phenoxy) is 1. The molecule has 0 atom stereocenters. The standard InChI is InChI=1S/C14H17Br3O/c15-8-14(9-16,10-18-7-11-1-2-11)12-3-5-13(17)6-4-12/h3-6,11H,1-2,7-10H2. The zero-order valence-electron chi connectivity index (χ0n) is 10.2. The summed E-state index contributed by atoms with van der Waals surface area (Å²) in [5.74, 6) is 0.818. The average Bonchev–Trinajstić information content (AvgIpc) is 3.20. The zero-order chi connectivity index (χ0) is 13.0. The Morgan fingerprint density at radius 2 is 1.72 bits per heavy atom. The molecule has 0 unspecified atom stereocenters. The lowest BCUT2D eigenvalue weighted by Gasteiger charge is -2.30. The molecule has 1 saturated carbocycles. The molecule has 0 aromatic heterocycles. The van der Waals surface area contributed by atoms with E-state index in [4.69, 9.17) is 4.74 Å². The van der Waals surface area contributed by atoms with Gasteiger partial charge in [0.05, 0.1) is 6.61 Å². The highest BCUT2D eigenvalue weighted by molar-refractivity contribution is 9.10. The van der Waals surface area contributed by atoms with Crippen molar-refractivity contribution in [1.82, 2.24) is 0 Å². The van der Waals surface area contributed by atoms with Crippen LogP contribution < -0.4 is 0 Å². The normalized spacial score (nSPS) is 15.9. The Hall–Kier alpha value is 0.620. The van der Waals surface area contributed by atoms with E-state index in [1.807, 2.05) is 0 Å². The average molecular weight is 441 g/mol. The summed E-state index contributed by atoms with van der Waals surface area (Å²) in [7, 11) is 0. The molecular weight excluding hydrogens is 424 g/mol. The number of hydrogen-bond acceptors (Lipinski definition) is 1. The molecule has 1 aromatic carbocycles. The minimum absolute atomic E-state index is 0.0234. The predicted octanol–water partition coefficient (Wildman–Crippen LogP) is 4.90. The fraction of sp³-hybridized carbons (Fsp3) is 0.571. The van der Waals surface area contributed by atoms with Crippen molar-refractivity contribution in [3.63, 3.8) is 0 Å². The van der Waals surface area contributed by atoms with Crippen molar-refractivity contribution >= 4 is 47.8 Å². The summed E-state index contributed by atoms with van der Waals surface area (Å²) < 4.78 is 7.03. The molecule has 0 saturated heterocycles. The number of benzene rings is 1. The van der Waals surface area contributed by atoms with E-state index in [-0.39, 0.29) is 5.41 Å². The molecule has 0 N–H and O–H groups in total. The molecule has 1 aliphatic rings. The second-order valence-corrected chi connectivity index (χ2v) is 7.05. The molecule has 0 bridgehead atoms. The van der Waals surface area contributed by atoms with Gasteiger partial charge in [-0.1, -0.05) is 59.9 Å². The van der Waals surface area contributed by atoms with Gasteiger partial charge in [0.2, 0.25) is 0 Å². The molecule has 0 spiro atoms. The second kappa shape index (κ2) is 6.87. The summed E-state index contributed by atoms with van der Waals surface area (Å²) in [4.78, 5) is 0. The lowest BCUT2D eigenvalue weighted by molar-refractivity contribution is 0.0904. The summed E-state index contributed by atoms with van der Waals surface area (Å²) in [5, 5.41) is 1.80. The van der Waals surface area contributed by atoms with Gasteiger partial charge in [0.1, 0.15) is 0 Å². The van der Waals surface area contributed by atoms with Crippen LogP contribution in [0.3, 0.4) is 0 Å². The van der Waals surface area contributed by atoms with Crippen LogP contribution in [0.4, 0.5) is 0 Å². The van der Waals surface area contributed by atoms with Gasteiger partial charge in [-0.25, -0.2) is 0 Å². The molecule has 0 aliphatic heterocycles. The van der Waals surface area contributed by atoms with Crippen LogP contribution >= 0.6 is 47.8 Å². The highest BCUT2D eigenvalue weighted by Crippen LogP contribution is 2.33. The lowest BCUT2D eigenvalue weighted by atomic mass is 9.85. The summed E-state index contributed by atoms with van der Waals surface area (Å²) in [6.07, 6.45) is 2.68. The number of hydrogen-bond donors (Lipinski definition) is 0. The van der Waals surface area contributed by atoms with Gasteiger partial charge in [0.25, 0.3) is 0 Å². The zero-order valence-corrected chi connectivity index (χ0v) is 14.9. The molecule has 0 heterocycles. The van der Waals surface area contributed by atoms with E-state index < -0.39 is 0 Å². The van der Waals surface area contributed by atoms with E-state index in [1.165, 1.54) is 18.4 Å². The van der Waals surface area contributed by atoms with E-state index in [0.29, 0.717) is 0 Å². The van der Waals surface area contributed by atoms with Crippen LogP contribution in [0.15, 0.2) is 28.7 Å². The number of alkyl halides is 2. The Morgan fingerprint density at radius 3 is 2.22 bits per heavy atom. The van der Waals surface area contributed by atoms with Crippen molar-refractivity contribution in [2.24, 2.45) is 5.92 Å². The predicted molar refractivity (Wildman–Crippen MR) is 87.0 cm³/mol. The minimum Gasteiger partial charge on any atom is -0.380 e. The van der Waals surface area contributed by atoms with Crippen molar-refractivity contribution in [2.45, 2.75) is 18.3 Å². The first-order chi connectivity index (χ1) is 8.70. The minimum atomic E-state index is 0.0234. The molecule has 4 heteroatoms. The van der Waals surface area contributed by atoms with E-state index in [2.05, 4.69) is 72.1 Å².